The number of anilines is 1. The monoisotopic (exact) mass is 635 g/mol. The van der Waals surface area contributed by atoms with Crippen LogP contribution >= 0.6 is 11.8 Å². The first-order chi connectivity index (χ1) is 21.0. The highest BCUT2D eigenvalue weighted by Gasteiger charge is 2.46. The number of hydrogen-bond donors (Lipinski definition) is 1. The van der Waals surface area contributed by atoms with Gasteiger partial charge >= 0.3 is 12.4 Å². The highest BCUT2D eigenvalue weighted by molar-refractivity contribution is 7.99. The molecule has 5 rings (SSSR count). The summed E-state index contributed by atoms with van der Waals surface area (Å²) in [7, 11) is 0. The molecule has 5 nitrogen and oxygen atoms in total. The van der Waals surface area contributed by atoms with E-state index in [0.717, 1.165) is 50.3 Å². The van der Waals surface area contributed by atoms with Crippen molar-refractivity contribution in [3.05, 3.63) is 95.1 Å². The van der Waals surface area contributed by atoms with Crippen LogP contribution in [-0.2, 0) is 28.4 Å². The van der Waals surface area contributed by atoms with Crippen LogP contribution < -0.4 is 5.32 Å². The zero-order chi connectivity index (χ0) is 31.3. The molecular formula is C32H31F6N3O2S. The molecule has 0 bridgehead atoms. The lowest BCUT2D eigenvalue weighted by molar-refractivity contribution is -0.163. The van der Waals surface area contributed by atoms with E-state index in [-0.39, 0.29) is 32.3 Å². The molecule has 2 fully saturated rings. The molecule has 0 spiro atoms. The highest BCUT2D eigenvalue weighted by atomic mass is 32.2. The van der Waals surface area contributed by atoms with Crippen molar-refractivity contribution in [2.45, 2.75) is 41.2 Å². The van der Waals surface area contributed by atoms with Crippen LogP contribution in [0.5, 0.6) is 0 Å². The van der Waals surface area contributed by atoms with Gasteiger partial charge in [-0.05, 0) is 47.9 Å². The minimum absolute atomic E-state index is 0.118. The predicted octanol–water partition coefficient (Wildman–Crippen LogP) is 7.43. The Morgan fingerprint density at radius 3 is 2.34 bits per heavy atom. The van der Waals surface area contributed by atoms with Gasteiger partial charge in [-0.1, -0.05) is 54.2 Å². The number of rotatable bonds is 8. The maximum atomic E-state index is 14.3. The molecule has 1 N–H and O–H groups in total. The Hall–Kier alpha value is -3.48. The van der Waals surface area contributed by atoms with Crippen LogP contribution in [0, 0.1) is 0 Å². The number of likely N-dealkylation sites (tertiary alicyclic amines) is 1. The Morgan fingerprint density at radius 1 is 0.909 bits per heavy atom. The van der Waals surface area contributed by atoms with Crippen LogP contribution in [0.2, 0.25) is 0 Å². The summed E-state index contributed by atoms with van der Waals surface area (Å²) in [5.74, 6) is -0.594. The fourth-order valence-electron chi connectivity index (χ4n) is 5.41. The summed E-state index contributed by atoms with van der Waals surface area (Å²) < 4.78 is 90.8. The molecule has 0 saturated carbocycles. The second-order valence-corrected chi connectivity index (χ2v) is 11.8. The van der Waals surface area contributed by atoms with E-state index in [4.69, 9.17) is 4.74 Å². The topological polar surface area (TPSA) is 44.8 Å². The lowest BCUT2D eigenvalue weighted by Gasteiger charge is -2.25. The number of benzene rings is 3. The number of nitrogens with zero attached hydrogens (tertiary/aromatic N) is 2. The lowest BCUT2D eigenvalue weighted by atomic mass is 9.99. The summed E-state index contributed by atoms with van der Waals surface area (Å²) >= 11 is 0.618. The second kappa shape index (κ2) is 13.7. The number of carbonyl (C=O) groups is 1. The van der Waals surface area contributed by atoms with Gasteiger partial charge in [0.15, 0.2) is 0 Å². The van der Waals surface area contributed by atoms with Gasteiger partial charge in [-0.25, -0.2) is 0 Å². The molecule has 12 heteroatoms. The summed E-state index contributed by atoms with van der Waals surface area (Å²) in [4.78, 5) is 15.9. The maximum absolute atomic E-state index is 14.3. The highest BCUT2D eigenvalue weighted by Crippen LogP contribution is 2.48. The van der Waals surface area contributed by atoms with Gasteiger partial charge in [0, 0.05) is 60.3 Å². The van der Waals surface area contributed by atoms with E-state index in [9.17, 15) is 31.1 Å². The zero-order valence-corrected chi connectivity index (χ0v) is 24.4. The fourth-order valence-corrected chi connectivity index (χ4v) is 6.45. The molecule has 1 unspecified atom stereocenters. The normalized spacial score (nSPS) is 18.2. The van der Waals surface area contributed by atoms with Crippen molar-refractivity contribution in [3.8, 4) is 0 Å². The van der Waals surface area contributed by atoms with Crippen molar-refractivity contribution in [1.82, 2.24) is 9.80 Å². The van der Waals surface area contributed by atoms with Crippen molar-refractivity contribution in [3.63, 3.8) is 0 Å². The largest absolute Gasteiger partial charge is 0.418 e. The molecule has 2 saturated heterocycles. The summed E-state index contributed by atoms with van der Waals surface area (Å²) in [6, 6.07) is 18.9. The molecule has 0 aromatic heterocycles. The van der Waals surface area contributed by atoms with E-state index in [0.29, 0.717) is 22.3 Å². The molecule has 3 aromatic rings. The minimum Gasteiger partial charge on any atom is -0.381 e. The molecule has 3 aromatic carbocycles. The van der Waals surface area contributed by atoms with Gasteiger partial charge in [0.1, 0.15) is 0 Å². The van der Waals surface area contributed by atoms with Crippen LogP contribution in [-0.4, -0.2) is 61.1 Å². The van der Waals surface area contributed by atoms with Gasteiger partial charge in [-0.2, -0.15) is 26.3 Å². The summed E-state index contributed by atoms with van der Waals surface area (Å²) in [5.41, 5.74) is -2.45. The molecule has 234 valence electrons. The molecule has 2 heterocycles. The maximum Gasteiger partial charge on any atom is 0.418 e. The van der Waals surface area contributed by atoms with Crippen LogP contribution in [0.3, 0.4) is 0 Å². The summed E-state index contributed by atoms with van der Waals surface area (Å²) in [6.45, 7) is 3.53. The smallest absolute Gasteiger partial charge is 0.381 e. The number of hydrogen-bond acceptors (Lipinski definition) is 5. The van der Waals surface area contributed by atoms with Crippen molar-refractivity contribution in [1.29, 1.82) is 0 Å². The van der Waals surface area contributed by atoms with Crippen LogP contribution in [0.15, 0.2) is 82.6 Å². The van der Waals surface area contributed by atoms with E-state index < -0.39 is 39.8 Å². The lowest BCUT2D eigenvalue weighted by Crippen LogP contribution is -2.39. The van der Waals surface area contributed by atoms with E-state index in [2.05, 4.69) is 22.3 Å². The Balaban J connectivity index is 1.35. The first-order valence-corrected chi connectivity index (χ1v) is 15.0. The van der Waals surface area contributed by atoms with E-state index in [1.54, 1.807) is 24.3 Å². The Bertz CT molecular complexity index is 1470. The van der Waals surface area contributed by atoms with Gasteiger partial charge in [-0.15, -0.1) is 0 Å². The van der Waals surface area contributed by atoms with Gasteiger partial charge in [0.05, 0.1) is 24.3 Å². The minimum atomic E-state index is -5.32. The van der Waals surface area contributed by atoms with Crippen molar-refractivity contribution in [2.75, 3.05) is 44.7 Å². The van der Waals surface area contributed by atoms with Gasteiger partial charge in [0.25, 0.3) is 0 Å². The Morgan fingerprint density at radius 2 is 1.64 bits per heavy atom. The third-order valence-electron chi connectivity index (χ3n) is 7.45. The number of morpholine rings is 1. The summed E-state index contributed by atoms with van der Waals surface area (Å²) in [5, 5.41) is 3.42. The average molecular weight is 636 g/mol. The average Bonchev–Trinajstić information content (AvgIpc) is 3.42. The number of carbonyl (C=O) groups excluding carboxylic acids is 1. The molecular weight excluding hydrogens is 604 g/mol. The number of amides is 1. The second-order valence-electron chi connectivity index (χ2n) is 10.6. The van der Waals surface area contributed by atoms with Crippen molar-refractivity contribution >= 4 is 29.4 Å². The first-order valence-electron chi connectivity index (χ1n) is 14.1. The third kappa shape index (κ3) is 8.16. The molecule has 1 amide bonds. The van der Waals surface area contributed by atoms with Crippen LogP contribution in [0.4, 0.5) is 32.0 Å². The molecule has 0 radical (unpaired) electrons. The Kier molecular flexibility index (Phi) is 9.91. The number of ether oxygens (including phenoxy) is 1. The summed E-state index contributed by atoms with van der Waals surface area (Å²) in [6.07, 6.45) is -8.06. The van der Waals surface area contributed by atoms with Gasteiger partial charge in [0.2, 0.25) is 5.91 Å². The molecule has 44 heavy (non-hydrogen) atoms. The van der Waals surface area contributed by atoms with E-state index in [1.807, 2.05) is 18.2 Å². The number of alkyl halides is 6. The predicted molar refractivity (Wildman–Crippen MR) is 157 cm³/mol. The number of nitrogens with one attached hydrogen (secondary N) is 1. The van der Waals surface area contributed by atoms with Crippen LogP contribution in [0.25, 0.3) is 6.08 Å². The number of halogens is 6. The van der Waals surface area contributed by atoms with Crippen molar-refractivity contribution < 1.29 is 35.9 Å². The Labute approximate surface area is 255 Å². The standard InChI is InChI=1S/C32H31F6N3O2S/c33-31(34,35)29-23(10-12-28(42)41-15-17-43-18-16-41)9-11-27(30(29)32(36,37)38)44-26-8-4-7-24(19-26)39-25-13-14-40(21-25)20-22-5-2-1-3-6-22/h1-12,19,25,39H,13-18,20-21H2. The first kappa shape index (κ1) is 31.9. The fraction of sp³-hybridized carbons (Fsp3) is 0.344. The van der Waals surface area contributed by atoms with Gasteiger partial charge in [-0.3, -0.25) is 9.69 Å². The SMILES string of the molecule is O=C(C=Cc1ccc(Sc2cccc(NC3CCN(Cc4ccccc4)C3)c2)c(C(F)(F)F)c1C(F)(F)F)N1CCOCC1. The van der Waals surface area contributed by atoms with Crippen LogP contribution in [0.1, 0.15) is 28.7 Å². The third-order valence-corrected chi connectivity index (χ3v) is 8.50. The molecule has 0 aliphatic carbocycles. The molecule has 1 atom stereocenters. The van der Waals surface area contributed by atoms with E-state index in [1.165, 1.54) is 10.5 Å². The van der Waals surface area contributed by atoms with E-state index >= 15 is 0 Å². The molecule has 2 aliphatic rings. The quantitative estimate of drug-likeness (QED) is 0.206. The van der Waals surface area contributed by atoms with Gasteiger partial charge < -0.3 is 15.0 Å². The van der Waals surface area contributed by atoms with Crippen molar-refractivity contribution in [2.24, 2.45) is 0 Å². The zero-order valence-electron chi connectivity index (χ0n) is 23.6. The molecule has 2 aliphatic heterocycles.